The van der Waals surface area contributed by atoms with Gasteiger partial charge in [0.1, 0.15) is 17.0 Å². The maximum absolute atomic E-state index is 6.98. The van der Waals surface area contributed by atoms with Crippen molar-refractivity contribution in [1.82, 2.24) is 10.3 Å². The first-order valence-corrected chi connectivity index (χ1v) is 7.15. The third kappa shape index (κ3) is 3.15. The van der Waals surface area contributed by atoms with Crippen LogP contribution in [-0.4, -0.2) is 24.2 Å². The van der Waals surface area contributed by atoms with E-state index in [1.807, 2.05) is 18.2 Å². The highest BCUT2D eigenvalue weighted by Crippen LogP contribution is 2.31. The van der Waals surface area contributed by atoms with Gasteiger partial charge in [-0.05, 0) is 24.6 Å². The summed E-state index contributed by atoms with van der Waals surface area (Å²) in [6, 6.07) is 9.19. The summed E-state index contributed by atoms with van der Waals surface area (Å²) in [5.74, 6) is 0.720. The second-order valence-electron chi connectivity index (χ2n) is 4.90. The molecule has 1 aromatic carbocycles. The molecule has 0 radical (unpaired) electrons. The van der Waals surface area contributed by atoms with E-state index < -0.39 is 0 Å². The van der Waals surface area contributed by atoms with E-state index in [0.29, 0.717) is 10.8 Å². The summed E-state index contributed by atoms with van der Waals surface area (Å²) in [4.78, 5) is 7.58. The number of hydrogen-bond donors (Lipinski definition) is 1. The van der Waals surface area contributed by atoms with Crippen LogP contribution in [0.4, 0.5) is 5.69 Å². The molecule has 1 atom stereocenters. The molecule has 4 nitrogen and oxygen atoms in total. The third-order valence-corrected chi connectivity index (χ3v) is 3.74. The van der Waals surface area contributed by atoms with E-state index in [2.05, 4.69) is 15.1 Å². The summed E-state index contributed by atoms with van der Waals surface area (Å²) in [5.41, 5.74) is 2.35. The average molecular weight is 300 g/mol. The Kier molecular flexibility index (Phi) is 4.05. The van der Waals surface area contributed by atoms with Crippen molar-refractivity contribution in [3.8, 4) is 16.9 Å². The molecule has 21 heavy (non-hydrogen) atoms. The first-order valence-electron chi connectivity index (χ1n) is 6.77. The minimum Gasteiger partial charge on any atom is -0.487 e. The fourth-order valence-electron chi connectivity index (χ4n) is 2.33. The summed E-state index contributed by atoms with van der Waals surface area (Å²) in [5, 5.41) is 3.70. The van der Waals surface area contributed by atoms with Gasteiger partial charge in [-0.3, -0.25) is 0 Å². The Morgan fingerprint density at radius 2 is 2.14 bits per heavy atom. The van der Waals surface area contributed by atoms with Gasteiger partial charge >= 0.3 is 0 Å². The highest BCUT2D eigenvalue weighted by molar-refractivity contribution is 6.32. The Hall–Kier alpha value is -2.09. The van der Waals surface area contributed by atoms with Crippen LogP contribution >= 0.6 is 11.6 Å². The lowest BCUT2D eigenvalue weighted by molar-refractivity contribution is 0.222. The van der Waals surface area contributed by atoms with Crippen molar-refractivity contribution in [3.63, 3.8) is 0 Å². The van der Waals surface area contributed by atoms with E-state index in [1.165, 1.54) is 0 Å². The fraction of sp³-hybridized carbons (Fsp3) is 0.250. The van der Waals surface area contributed by atoms with Crippen LogP contribution in [0.5, 0.6) is 5.75 Å². The number of hydrogen-bond acceptors (Lipinski definition) is 3. The van der Waals surface area contributed by atoms with Crippen LogP contribution in [0.2, 0.25) is 5.15 Å². The molecule has 106 valence electrons. The zero-order chi connectivity index (χ0) is 14.7. The second kappa shape index (κ2) is 6.13. The maximum Gasteiger partial charge on any atom is 0.187 e. The van der Waals surface area contributed by atoms with Gasteiger partial charge in [-0.2, -0.15) is 0 Å². The minimum atomic E-state index is 0.185. The highest BCUT2D eigenvalue weighted by Gasteiger charge is 2.17. The second-order valence-corrected chi connectivity index (χ2v) is 5.26. The van der Waals surface area contributed by atoms with Crippen molar-refractivity contribution in [2.24, 2.45) is 0 Å². The van der Waals surface area contributed by atoms with Crippen molar-refractivity contribution in [2.75, 3.05) is 13.1 Å². The molecule has 1 unspecified atom stereocenters. The third-order valence-electron chi connectivity index (χ3n) is 3.44. The summed E-state index contributed by atoms with van der Waals surface area (Å²) in [6.45, 7) is 8.82. The summed E-state index contributed by atoms with van der Waals surface area (Å²) < 4.78 is 5.91. The Balaban J connectivity index is 1.87. The number of ether oxygens (including phenoxy) is 1. The lowest BCUT2D eigenvalue weighted by atomic mass is 10.1. The monoisotopic (exact) mass is 299 g/mol. The molecule has 2 aromatic rings. The first-order chi connectivity index (χ1) is 10.3. The molecule has 0 spiro atoms. The van der Waals surface area contributed by atoms with Crippen molar-refractivity contribution in [2.45, 2.75) is 12.5 Å². The number of nitrogens with zero attached hydrogens (tertiary/aromatic N) is 2. The van der Waals surface area contributed by atoms with Crippen LogP contribution in [0, 0.1) is 6.57 Å². The molecule has 1 aromatic heterocycles. The van der Waals surface area contributed by atoms with Crippen LogP contribution in [0.15, 0.2) is 36.5 Å². The van der Waals surface area contributed by atoms with Crippen LogP contribution in [-0.2, 0) is 0 Å². The topological polar surface area (TPSA) is 38.5 Å². The van der Waals surface area contributed by atoms with Gasteiger partial charge in [0.15, 0.2) is 5.69 Å². The summed E-state index contributed by atoms with van der Waals surface area (Å²) in [7, 11) is 0. The lowest BCUT2D eigenvalue weighted by Gasteiger charge is -2.13. The smallest absolute Gasteiger partial charge is 0.187 e. The van der Waals surface area contributed by atoms with Crippen molar-refractivity contribution < 1.29 is 4.74 Å². The fourth-order valence-corrected chi connectivity index (χ4v) is 2.54. The Bertz CT molecular complexity index is 673. The molecule has 1 aliphatic rings. The van der Waals surface area contributed by atoms with Gasteiger partial charge in [-0.15, -0.1) is 0 Å². The quantitative estimate of drug-likeness (QED) is 0.694. The minimum absolute atomic E-state index is 0.185. The Labute approximate surface area is 128 Å². The molecule has 1 aliphatic heterocycles. The van der Waals surface area contributed by atoms with Gasteiger partial charge in [0.05, 0.1) is 12.8 Å². The summed E-state index contributed by atoms with van der Waals surface area (Å²) in [6.07, 6.45) is 2.83. The van der Waals surface area contributed by atoms with E-state index in [0.717, 1.165) is 36.4 Å². The molecule has 0 bridgehead atoms. The van der Waals surface area contributed by atoms with Crippen LogP contribution in [0.25, 0.3) is 16.0 Å². The first kappa shape index (κ1) is 13.9. The molecule has 1 fully saturated rings. The normalized spacial score (nSPS) is 17.4. The van der Waals surface area contributed by atoms with Gasteiger partial charge < -0.3 is 10.1 Å². The van der Waals surface area contributed by atoms with E-state index >= 15 is 0 Å². The highest BCUT2D eigenvalue weighted by atomic mass is 35.5. The predicted octanol–water partition coefficient (Wildman–Crippen LogP) is 3.69. The molecule has 0 aliphatic carbocycles. The van der Waals surface area contributed by atoms with E-state index in [9.17, 15) is 0 Å². The van der Waals surface area contributed by atoms with E-state index in [4.69, 9.17) is 22.9 Å². The van der Waals surface area contributed by atoms with E-state index in [1.54, 1.807) is 18.3 Å². The molecular formula is C16H14ClN3O. The van der Waals surface area contributed by atoms with Gasteiger partial charge in [-0.1, -0.05) is 35.9 Å². The zero-order valence-corrected chi connectivity index (χ0v) is 12.1. The van der Waals surface area contributed by atoms with Crippen molar-refractivity contribution in [1.29, 1.82) is 0 Å². The van der Waals surface area contributed by atoms with Gasteiger partial charge in [0, 0.05) is 12.1 Å². The van der Waals surface area contributed by atoms with Crippen LogP contribution < -0.4 is 10.1 Å². The SMILES string of the molecule is [C-]#[N+]c1ccc(-c2cc(OC3CCNC3)cnc2Cl)cc1. The van der Waals surface area contributed by atoms with Gasteiger partial charge in [-0.25, -0.2) is 9.83 Å². The van der Waals surface area contributed by atoms with Gasteiger partial charge in [0.25, 0.3) is 0 Å². The zero-order valence-electron chi connectivity index (χ0n) is 11.3. The van der Waals surface area contributed by atoms with Crippen LogP contribution in [0.1, 0.15) is 6.42 Å². The number of benzene rings is 1. The Morgan fingerprint density at radius 3 is 2.81 bits per heavy atom. The molecule has 3 rings (SSSR count). The van der Waals surface area contributed by atoms with Gasteiger partial charge in [0.2, 0.25) is 0 Å². The lowest BCUT2D eigenvalue weighted by Crippen LogP contribution is -2.19. The van der Waals surface area contributed by atoms with Crippen molar-refractivity contribution in [3.05, 3.63) is 53.1 Å². The number of halogens is 1. The molecule has 0 saturated carbocycles. The maximum atomic E-state index is 6.98. The number of nitrogens with one attached hydrogen (secondary N) is 1. The standard InChI is InChI=1S/C16H14ClN3O/c1-18-12-4-2-11(3-5-12)15-8-14(10-20-16(15)17)21-13-6-7-19-9-13/h2-5,8,10,13,19H,6-7,9H2. The van der Waals surface area contributed by atoms with E-state index in [-0.39, 0.29) is 6.10 Å². The number of rotatable bonds is 3. The molecule has 0 amide bonds. The molecule has 5 heteroatoms. The molecule has 2 heterocycles. The number of pyridine rings is 1. The largest absolute Gasteiger partial charge is 0.487 e. The molecular weight excluding hydrogens is 286 g/mol. The molecule has 1 saturated heterocycles. The molecule has 1 N–H and O–H groups in total. The van der Waals surface area contributed by atoms with Crippen LogP contribution in [0.3, 0.4) is 0 Å². The van der Waals surface area contributed by atoms with Crippen molar-refractivity contribution >= 4 is 17.3 Å². The average Bonchev–Trinajstić information content (AvgIpc) is 3.02. The summed E-state index contributed by atoms with van der Waals surface area (Å²) >= 11 is 6.18. The predicted molar refractivity (Wildman–Crippen MR) is 82.8 cm³/mol. The Morgan fingerprint density at radius 1 is 1.33 bits per heavy atom. The number of aromatic nitrogens is 1.